The molecule has 2 aromatic rings. The number of rotatable bonds is 4. The van der Waals surface area contributed by atoms with Gasteiger partial charge in [-0.3, -0.25) is 4.79 Å². The normalized spacial score (nSPS) is 14.6. The van der Waals surface area contributed by atoms with Gasteiger partial charge >= 0.3 is 0 Å². The summed E-state index contributed by atoms with van der Waals surface area (Å²) in [7, 11) is 0. The summed E-state index contributed by atoms with van der Waals surface area (Å²) in [6, 6.07) is 8.10. The molecule has 1 aliphatic rings. The van der Waals surface area contributed by atoms with E-state index in [-0.39, 0.29) is 11.3 Å². The summed E-state index contributed by atoms with van der Waals surface area (Å²) in [4.78, 5) is 14.1. The molecule has 0 atom stereocenters. The summed E-state index contributed by atoms with van der Waals surface area (Å²) < 4.78 is 6.61. The van der Waals surface area contributed by atoms with Crippen molar-refractivity contribution in [3.05, 3.63) is 46.1 Å². The Morgan fingerprint density at radius 3 is 2.83 bits per heavy atom. The van der Waals surface area contributed by atoms with Crippen LogP contribution >= 0.6 is 15.9 Å². The predicted molar refractivity (Wildman–Crippen MR) is 91.0 cm³/mol. The number of phenols is 1. The summed E-state index contributed by atoms with van der Waals surface area (Å²) in [5, 5.41) is 13.5. The van der Waals surface area contributed by atoms with E-state index in [4.69, 9.17) is 4.42 Å². The smallest absolute Gasteiger partial charge is 0.275 e. The van der Waals surface area contributed by atoms with Gasteiger partial charge in [0.15, 0.2) is 5.76 Å². The quantitative estimate of drug-likeness (QED) is 0.633. The number of furan rings is 1. The van der Waals surface area contributed by atoms with Crippen LogP contribution in [-0.4, -0.2) is 30.3 Å². The number of carbonyl (C=O) groups excluding carboxylic acids is 1. The highest BCUT2D eigenvalue weighted by Gasteiger charge is 2.19. The maximum atomic E-state index is 11.9. The SMILES string of the molecule is O=C(N/N=C/c1cc(Br)c(N2CCCC2)o1)c1ccccc1O. The Morgan fingerprint density at radius 2 is 2.09 bits per heavy atom. The van der Waals surface area contributed by atoms with E-state index >= 15 is 0 Å². The average Bonchev–Trinajstić information content (AvgIpc) is 3.17. The Morgan fingerprint density at radius 1 is 1.35 bits per heavy atom. The number of halogens is 1. The Bertz CT molecular complexity index is 736. The van der Waals surface area contributed by atoms with E-state index in [1.54, 1.807) is 12.1 Å². The Kier molecular flexibility index (Phi) is 4.66. The number of amides is 1. The molecule has 23 heavy (non-hydrogen) atoms. The summed E-state index contributed by atoms with van der Waals surface area (Å²) in [5.41, 5.74) is 2.54. The molecule has 0 aliphatic carbocycles. The van der Waals surface area contributed by atoms with Crippen molar-refractivity contribution in [2.24, 2.45) is 5.10 Å². The molecule has 3 rings (SSSR count). The zero-order valence-electron chi connectivity index (χ0n) is 12.3. The fourth-order valence-corrected chi connectivity index (χ4v) is 3.01. The number of nitrogens with one attached hydrogen (secondary N) is 1. The minimum absolute atomic E-state index is 0.0859. The molecule has 6 nitrogen and oxygen atoms in total. The lowest BCUT2D eigenvalue weighted by atomic mass is 10.2. The number of aromatic hydroxyl groups is 1. The lowest BCUT2D eigenvalue weighted by Crippen LogP contribution is -2.17. The summed E-state index contributed by atoms with van der Waals surface area (Å²) in [6.45, 7) is 1.96. The number of anilines is 1. The fourth-order valence-electron chi connectivity index (χ4n) is 2.46. The van der Waals surface area contributed by atoms with Crippen molar-refractivity contribution in [2.45, 2.75) is 12.8 Å². The first-order valence-corrected chi connectivity index (χ1v) is 8.10. The predicted octanol–water partition coefficient (Wildman–Crippen LogP) is 3.11. The van der Waals surface area contributed by atoms with Gasteiger partial charge in [-0.1, -0.05) is 12.1 Å². The molecule has 120 valence electrons. The van der Waals surface area contributed by atoms with Crippen LogP contribution in [-0.2, 0) is 0 Å². The molecule has 0 saturated carbocycles. The van der Waals surface area contributed by atoms with E-state index in [1.807, 2.05) is 6.07 Å². The molecule has 1 aliphatic heterocycles. The standard InChI is InChI=1S/C16H16BrN3O3/c17-13-9-11(23-16(13)20-7-3-4-8-20)10-18-19-15(22)12-5-1-2-6-14(12)21/h1-2,5-6,9-10,21H,3-4,7-8H2,(H,19,22)/b18-10+. The lowest BCUT2D eigenvalue weighted by Gasteiger charge is -2.13. The van der Waals surface area contributed by atoms with Crippen LogP contribution in [0.1, 0.15) is 29.0 Å². The van der Waals surface area contributed by atoms with Crippen molar-refractivity contribution in [3.63, 3.8) is 0 Å². The molecule has 1 fully saturated rings. The first kappa shape index (κ1) is 15.6. The molecule has 2 N–H and O–H groups in total. The molecule has 0 spiro atoms. The van der Waals surface area contributed by atoms with Crippen LogP contribution in [0.5, 0.6) is 5.75 Å². The number of nitrogens with zero attached hydrogens (tertiary/aromatic N) is 2. The van der Waals surface area contributed by atoms with Gasteiger partial charge in [-0.2, -0.15) is 5.10 Å². The Labute approximate surface area is 141 Å². The number of carbonyl (C=O) groups is 1. The van der Waals surface area contributed by atoms with Crippen LogP contribution in [0.3, 0.4) is 0 Å². The van der Waals surface area contributed by atoms with E-state index in [1.165, 1.54) is 18.3 Å². The number of para-hydroxylation sites is 1. The molecule has 0 radical (unpaired) electrons. The van der Waals surface area contributed by atoms with Gasteiger partial charge in [-0.05, 0) is 40.9 Å². The third-order valence-corrected chi connectivity index (χ3v) is 4.16. The summed E-state index contributed by atoms with van der Waals surface area (Å²) in [6.07, 6.45) is 3.75. The minimum atomic E-state index is -0.482. The van der Waals surface area contributed by atoms with E-state index < -0.39 is 5.91 Å². The number of hydrogen-bond acceptors (Lipinski definition) is 5. The Balaban J connectivity index is 1.65. The lowest BCUT2D eigenvalue weighted by molar-refractivity contribution is 0.0952. The molecular weight excluding hydrogens is 362 g/mol. The van der Waals surface area contributed by atoms with Crippen LogP contribution in [0.15, 0.2) is 44.3 Å². The number of benzene rings is 1. The third-order valence-electron chi connectivity index (χ3n) is 3.59. The summed E-state index contributed by atoms with van der Waals surface area (Å²) >= 11 is 3.48. The van der Waals surface area contributed by atoms with E-state index in [0.29, 0.717) is 5.76 Å². The molecule has 2 heterocycles. The second-order valence-corrected chi connectivity index (χ2v) is 6.07. The number of hydrazone groups is 1. The van der Waals surface area contributed by atoms with Gasteiger partial charge in [-0.15, -0.1) is 0 Å². The van der Waals surface area contributed by atoms with Crippen LogP contribution in [0, 0.1) is 0 Å². The first-order chi connectivity index (χ1) is 11.1. The highest BCUT2D eigenvalue weighted by atomic mass is 79.9. The zero-order chi connectivity index (χ0) is 16.2. The van der Waals surface area contributed by atoms with E-state index in [9.17, 15) is 9.90 Å². The van der Waals surface area contributed by atoms with Gasteiger partial charge in [-0.25, -0.2) is 5.43 Å². The van der Waals surface area contributed by atoms with Crippen molar-refractivity contribution in [1.29, 1.82) is 0 Å². The molecule has 1 amide bonds. The molecule has 1 aromatic carbocycles. The van der Waals surface area contributed by atoms with Crippen molar-refractivity contribution in [2.75, 3.05) is 18.0 Å². The monoisotopic (exact) mass is 377 g/mol. The molecule has 0 unspecified atom stereocenters. The van der Waals surface area contributed by atoms with Gasteiger partial charge < -0.3 is 14.4 Å². The Hall–Kier alpha value is -2.28. The molecule has 7 heteroatoms. The van der Waals surface area contributed by atoms with Crippen LogP contribution in [0.4, 0.5) is 5.88 Å². The van der Waals surface area contributed by atoms with Gasteiger partial charge in [0.1, 0.15) is 5.75 Å². The molecular formula is C16H16BrN3O3. The van der Waals surface area contributed by atoms with Crippen LogP contribution in [0.25, 0.3) is 0 Å². The van der Waals surface area contributed by atoms with Gasteiger partial charge in [0.25, 0.3) is 5.91 Å². The van der Waals surface area contributed by atoms with E-state index in [0.717, 1.165) is 36.3 Å². The van der Waals surface area contributed by atoms with Crippen LogP contribution in [0.2, 0.25) is 0 Å². The second-order valence-electron chi connectivity index (χ2n) is 5.21. The van der Waals surface area contributed by atoms with Crippen molar-refractivity contribution in [1.82, 2.24) is 5.43 Å². The average molecular weight is 378 g/mol. The number of hydrogen-bond donors (Lipinski definition) is 2. The van der Waals surface area contributed by atoms with E-state index in [2.05, 4.69) is 31.4 Å². The third kappa shape index (κ3) is 3.56. The second kappa shape index (κ2) is 6.87. The molecule has 1 saturated heterocycles. The van der Waals surface area contributed by atoms with Gasteiger partial charge in [0.2, 0.25) is 5.88 Å². The minimum Gasteiger partial charge on any atom is -0.507 e. The molecule has 1 aromatic heterocycles. The maximum Gasteiger partial charge on any atom is 0.275 e. The van der Waals surface area contributed by atoms with Crippen LogP contribution < -0.4 is 10.3 Å². The fraction of sp³-hybridized carbons (Fsp3) is 0.250. The number of phenolic OH excluding ortho intramolecular Hbond substituents is 1. The van der Waals surface area contributed by atoms with Crippen molar-refractivity contribution < 1.29 is 14.3 Å². The first-order valence-electron chi connectivity index (χ1n) is 7.31. The maximum absolute atomic E-state index is 11.9. The summed E-state index contributed by atoms with van der Waals surface area (Å²) in [5.74, 6) is 0.759. The van der Waals surface area contributed by atoms with Crippen molar-refractivity contribution in [3.8, 4) is 5.75 Å². The topological polar surface area (TPSA) is 78.1 Å². The highest BCUT2D eigenvalue weighted by molar-refractivity contribution is 9.10. The van der Waals surface area contributed by atoms with Crippen molar-refractivity contribution >= 4 is 33.9 Å². The van der Waals surface area contributed by atoms with Gasteiger partial charge in [0.05, 0.1) is 16.3 Å². The largest absolute Gasteiger partial charge is 0.507 e. The van der Waals surface area contributed by atoms with Gasteiger partial charge in [0, 0.05) is 19.2 Å². The highest BCUT2D eigenvalue weighted by Crippen LogP contribution is 2.31. The zero-order valence-corrected chi connectivity index (χ0v) is 13.9. The molecule has 0 bridgehead atoms.